The van der Waals surface area contributed by atoms with Crippen molar-refractivity contribution >= 4 is 61.1 Å². The van der Waals surface area contributed by atoms with Gasteiger partial charge in [0.1, 0.15) is 22.3 Å². The van der Waals surface area contributed by atoms with E-state index in [0.717, 1.165) is 72.0 Å². The molecule has 10 rings (SSSR count). The van der Waals surface area contributed by atoms with Crippen LogP contribution in [0.5, 0.6) is 0 Å². The van der Waals surface area contributed by atoms with Crippen molar-refractivity contribution in [2.24, 2.45) is 9.98 Å². The lowest BCUT2D eigenvalue weighted by molar-refractivity contribution is 0.620. The van der Waals surface area contributed by atoms with E-state index in [0.29, 0.717) is 11.5 Å². The lowest BCUT2D eigenvalue weighted by Gasteiger charge is -2.22. The standard InChI is InChI=1S/C50H36N2O2/c1-30(32-13-6-5-7-14-32)51-49(36-22-24-40-38-17-8-10-19-44(38)53-46(40)29-36)52-31(2)33-15-12-16-34(27-33)35-21-23-37-41-25-26-42-39-18-9-11-20-45(39)54-48(42)47(41)50(3,4)43(37)28-35/h5-29H,1H2,2-4H3/b51-49-,52-31+. The SMILES string of the molecule is C=C(/N=C(\N=C(/C)c1cccc(-c2ccc3c(c2)C(C)(C)c2c-3ccc3c2oc2ccccc23)c1)c1ccc2c(c1)oc1ccccc12)c1ccccc1. The number of furan rings is 2. The molecule has 0 N–H and O–H groups in total. The third kappa shape index (κ3) is 5.06. The zero-order valence-corrected chi connectivity index (χ0v) is 30.4. The van der Waals surface area contributed by atoms with Gasteiger partial charge in [-0.25, -0.2) is 9.98 Å². The molecule has 4 nitrogen and oxygen atoms in total. The Kier molecular flexibility index (Phi) is 7.18. The number of rotatable bonds is 5. The highest BCUT2D eigenvalue weighted by Crippen LogP contribution is 2.53. The van der Waals surface area contributed by atoms with Gasteiger partial charge in [0.05, 0.1) is 5.70 Å². The van der Waals surface area contributed by atoms with E-state index < -0.39 is 0 Å². The maximum atomic E-state index is 6.53. The number of benzene rings is 7. The van der Waals surface area contributed by atoms with Gasteiger partial charge in [-0.2, -0.15) is 0 Å². The lowest BCUT2D eigenvalue weighted by Crippen LogP contribution is -2.15. The highest BCUT2D eigenvalue weighted by Gasteiger charge is 2.38. The van der Waals surface area contributed by atoms with Gasteiger partial charge in [-0.05, 0) is 88.3 Å². The van der Waals surface area contributed by atoms with E-state index in [1.54, 1.807) is 0 Å². The van der Waals surface area contributed by atoms with E-state index in [-0.39, 0.29) is 5.41 Å². The van der Waals surface area contributed by atoms with Gasteiger partial charge >= 0.3 is 0 Å². The minimum Gasteiger partial charge on any atom is -0.456 e. The van der Waals surface area contributed by atoms with E-state index in [1.165, 1.54) is 27.6 Å². The molecule has 0 radical (unpaired) electrons. The highest BCUT2D eigenvalue weighted by atomic mass is 16.3. The maximum absolute atomic E-state index is 6.53. The molecule has 1 aliphatic rings. The Morgan fingerprint density at radius 1 is 0.519 bits per heavy atom. The van der Waals surface area contributed by atoms with Crippen molar-refractivity contribution < 1.29 is 8.83 Å². The maximum Gasteiger partial charge on any atom is 0.160 e. The summed E-state index contributed by atoms with van der Waals surface area (Å²) in [5.41, 5.74) is 15.0. The van der Waals surface area contributed by atoms with Crippen LogP contribution in [0.15, 0.2) is 177 Å². The number of hydrogen-bond acceptors (Lipinski definition) is 3. The summed E-state index contributed by atoms with van der Waals surface area (Å²) in [6, 6.07) is 52.6. The number of hydrogen-bond donors (Lipinski definition) is 0. The van der Waals surface area contributed by atoms with Gasteiger partial charge in [0.2, 0.25) is 0 Å². The normalized spacial score (nSPS) is 13.9. The summed E-state index contributed by atoms with van der Waals surface area (Å²) >= 11 is 0. The summed E-state index contributed by atoms with van der Waals surface area (Å²) in [4.78, 5) is 10.2. The minimum absolute atomic E-state index is 0.240. The van der Waals surface area contributed by atoms with Crippen LogP contribution in [0.2, 0.25) is 0 Å². The van der Waals surface area contributed by atoms with Gasteiger partial charge in [-0.15, -0.1) is 0 Å². The van der Waals surface area contributed by atoms with Crippen LogP contribution in [0, 0.1) is 0 Å². The van der Waals surface area contributed by atoms with Gasteiger partial charge in [-0.3, -0.25) is 0 Å². The van der Waals surface area contributed by atoms with Crippen LogP contribution < -0.4 is 0 Å². The Balaban J connectivity index is 1.03. The van der Waals surface area contributed by atoms with Crippen molar-refractivity contribution in [3.63, 3.8) is 0 Å². The molecule has 0 saturated heterocycles. The van der Waals surface area contributed by atoms with Crippen LogP contribution >= 0.6 is 0 Å². The summed E-state index contributed by atoms with van der Waals surface area (Å²) < 4.78 is 12.8. The molecule has 0 fully saturated rings. The number of nitrogens with zero attached hydrogens (tertiary/aromatic N) is 2. The van der Waals surface area contributed by atoms with E-state index in [9.17, 15) is 0 Å². The first-order chi connectivity index (χ1) is 26.3. The summed E-state index contributed by atoms with van der Waals surface area (Å²) in [6.07, 6.45) is 0. The van der Waals surface area contributed by atoms with Crippen molar-refractivity contribution in [3.05, 3.63) is 186 Å². The van der Waals surface area contributed by atoms with Gasteiger partial charge in [0.15, 0.2) is 5.84 Å². The van der Waals surface area contributed by atoms with Crippen molar-refractivity contribution in [1.29, 1.82) is 0 Å². The molecule has 0 aliphatic heterocycles. The Bertz CT molecular complexity index is 3050. The highest BCUT2D eigenvalue weighted by molar-refractivity contribution is 6.15. The molecular formula is C50H36N2O2. The van der Waals surface area contributed by atoms with Crippen LogP contribution in [-0.2, 0) is 5.41 Å². The molecule has 0 spiro atoms. The molecule has 2 heterocycles. The van der Waals surface area contributed by atoms with E-state index in [1.807, 2.05) is 67.6 Å². The van der Waals surface area contributed by atoms with Crippen LogP contribution in [0.1, 0.15) is 48.6 Å². The molecule has 0 atom stereocenters. The summed E-state index contributed by atoms with van der Waals surface area (Å²) in [5.74, 6) is 0.572. The average molecular weight is 697 g/mol. The Morgan fingerprint density at radius 3 is 1.98 bits per heavy atom. The second-order valence-corrected chi connectivity index (χ2v) is 14.7. The van der Waals surface area contributed by atoms with Crippen LogP contribution in [0.25, 0.3) is 71.8 Å². The van der Waals surface area contributed by atoms with Crippen molar-refractivity contribution in [2.45, 2.75) is 26.2 Å². The summed E-state index contributed by atoms with van der Waals surface area (Å²) in [7, 11) is 0. The molecule has 54 heavy (non-hydrogen) atoms. The fourth-order valence-electron chi connectivity index (χ4n) is 8.23. The zero-order chi connectivity index (χ0) is 36.6. The van der Waals surface area contributed by atoms with Gasteiger partial charge in [0, 0.05) is 43.8 Å². The largest absolute Gasteiger partial charge is 0.456 e. The zero-order valence-electron chi connectivity index (χ0n) is 30.4. The molecule has 7 aromatic carbocycles. The quantitative estimate of drug-likeness (QED) is 0.133. The first-order valence-corrected chi connectivity index (χ1v) is 18.3. The second-order valence-electron chi connectivity index (χ2n) is 14.7. The lowest BCUT2D eigenvalue weighted by atomic mass is 9.81. The topological polar surface area (TPSA) is 51.0 Å². The fourth-order valence-corrected chi connectivity index (χ4v) is 8.23. The molecule has 2 aromatic heterocycles. The Hall–Kier alpha value is -6.78. The molecular weight excluding hydrogens is 661 g/mol. The fraction of sp³-hybridized carbons (Fsp3) is 0.0800. The Morgan fingerprint density at radius 2 is 1.17 bits per heavy atom. The molecule has 0 unspecified atom stereocenters. The van der Waals surface area contributed by atoms with E-state index in [2.05, 4.69) is 111 Å². The van der Waals surface area contributed by atoms with E-state index in [4.69, 9.17) is 18.8 Å². The molecule has 4 heteroatoms. The number of fused-ring (bicyclic) bond motifs is 10. The molecule has 0 saturated carbocycles. The van der Waals surface area contributed by atoms with Crippen molar-refractivity contribution in [1.82, 2.24) is 0 Å². The third-order valence-electron chi connectivity index (χ3n) is 11.0. The Labute approximate surface area is 313 Å². The number of amidine groups is 1. The van der Waals surface area contributed by atoms with Gasteiger partial charge < -0.3 is 8.83 Å². The predicted molar refractivity (Wildman–Crippen MR) is 225 cm³/mol. The molecule has 258 valence electrons. The first-order valence-electron chi connectivity index (χ1n) is 18.3. The third-order valence-corrected chi connectivity index (χ3v) is 11.0. The number of aliphatic imine (C=N–C) groups is 2. The summed E-state index contributed by atoms with van der Waals surface area (Å²) in [5, 5.41) is 4.47. The molecule has 9 aromatic rings. The summed E-state index contributed by atoms with van der Waals surface area (Å²) in [6.45, 7) is 11.0. The van der Waals surface area contributed by atoms with Gasteiger partial charge in [-0.1, -0.05) is 130 Å². The van der Waals surface area contributed by atoms with Crippen LogP contribution in [0.3, 0.4) is 0 Å². The predicted octanol–water partition coefficient (Wildman–Crippen LogP) is 13.4. The monoisotopic (exact) mass is 696 g/mol. The molecule has 1 aliphatic carbocycles. The van der Waals surface area contributed by atoms with Crippen LogP contribution in [0.4, 0.5) is 0 Å². The van der Waals surface area contributed by atoms with Crippen LogP contribution in [-0.4, -0.2) is 11.5 Å². The van der Waals surface area contributed by atoms with Crippen molar-refractivity contribution in [2.75, 3.05) is 0 Å². The molecule has 0 amide bonds. The van der Waals surface area contributed by atoms with Crippen molar-refractivity contribution in [3.8, 4) is 22.3 Å². The van der Waals surface area contributed by atoms with Gasteiger partial charge in [0.25, 0.3) is 0 Å². The minimum atomic E-state index is -0.240. The number of para-hydroxylation sites is 2. The van der Waals surface area contributed by atoms with E-state index >= 15 is 0 Å². The smallest absolute Gasteiger partial charge is 0.160 e. The molecule has 0 bridgehead atoms. The average Bonchev–Trinajstić information content (AvgIpc) is 3.85. The second kappa shape index (κ2) is 12.1. The first kappa shape index (κ1) is 31.9.